The quantitative estimate of drug-likeness (QED) is 0.799. The summed E-state index contributed by atoms with van der Waals surface area (Å²) in [7, 11) is 0. The molecule has 0 bridgehead atoms. The number of carboxylic acids is 1. The Hall–Kier alpha value is -2.48. The zero-order valence-corrected chi connectivity index (χ0v) is 14.1. The Kier molecular flexibility index (Phi) is 6.46. The molecule has 0 unspecified atom stereocenters. The number of carboxylic acid groups (broad SMARTS) is 1. The maximum atomic E-state index is 12.9. The van der Waals surface area contributed by atoms with Crippen LogP contribution in [0.15, 0.2) is 24.3 Å². The van der Waals surface area contributed by atoms with Gasteiger partial charge < -0.3 is 15.3 Å². The van der Waals surface area contributed by atoms with Crippen LogP contribution >= 0.6 is 0 Å². The molecule has 1 fully saturated rings. The second kappa shape index (κ2) is 8.57. The molecule has 1 saturated heterocycles. The molecule has 0 aromatic heterocycles. The number of halogens is 1. The van der Waals surface area contributed by atoms with E-state index >= 15 is 0 Å². The molecular formula is C17H22FN3O4. The number of piperazine rings is 1. The lowest BCUT2D eigenvalue weighted by Gasteiger charge is -2.35. The second-order valence-electron chi connectivity index (χ2n) is 6.10. The minimum Gasteiger partial charge on any atom is -0.481 e. The van der Waals surface area contributed by atoms with Gasteiger partial charge >= 0.3 is 5.97 Å². The molecule has 136 valence electrons. The van der Waals surface area contributed by atoms with Crippen LogP contribution in [0.25, 0.3) is 0 Å². The number of hydrogen-bond donors (Lipinski definition) is 2. The third kappa shape index (κ3) is 5.82. The molecule has 7 nitrogen and oxygen atoms in total. The zero-order chi connectivity index (χ0) is 18.4. The fourth-order valence-electron chi connectivity index (χ4n) is 2.76. The lowest BCUT2D eigenvalue weighted by molar-refractivity contribution is -0.144. The number of rotatable bonds is 6. The topological polar surface area (TPSA) is 90.0 Å². The van der Waals surface area contributed by atoms with Crippen molar-refractivity contribution in [3.63, 3.8) is 0 Å². The largest absolute Gasteiger partial charge is 0.481 e. The van der Waals surface area contributed by atoms with Crippen molar-refractivity contribution < 1.29 is 23.9 Å². The number of carbonyl (C=O) groups is 3. The molecule has 1 aliphatic rings. The van der Waals surface area contributed by atoms with E-state index in [2.05, 4.69) is 5.32 Å². The Morgan fingerprint density at radius 1 is 1.16 bits per heavy atom. The van der Waals surface area contributed by atoms with E-state index in [1.54, 1.807) is 4.90 Å². The van der Waals surface area contributed by atoms with Crippen molar-refractivity contribution in [2.45, 2.75) is 13.3 Å². The third-order valence-corrected chi connectivity index (χ3v) is 4.21. The molecule has 1 heterocycles. The molecule has 0 aliphatic carbocycles. The smallest absolute Gasteiger partial charge is 0.308 e. The molecule has 2 rings (SSSR count). The minimum absolute atomic E-state index is 0.00751. The van der Waals surface area contributed by atoms with Crippen molar-refractivity contribution in [3.8, 4) is 0 Å². The van der Waals surface area contributed by atoms with E-state index in [4.69, 9.17) is 0 Å². The Morgan fingerprint density at radius 2 is 1.76 bits per heavy atom. The number of amides is 2. The van der Waals surface area contributed by atoms with Gasteiger partial charge in [0.15, 0.2) is 0 Å². The van der Waals surface area contributed by atoms with Crippen LogP contribution in [0.2, 0.25) is 0 Å². The molecule has 2 amide bonds. The van der Waals surface area contributed by atoms with Gasteiger partial charge in [-0.2, -0.15) is 0 Å². The first-order valence-corrected chi connectivity index (χ1v) is 8.11. The molecule has 8 heteroatoms. The van der Waals surface area contributed by atoms with Crippen molar-refractivity contribution in [1.82, 2.24) is 9.80 Å². The number of nitrogens with zero attached hydrogens (tertiary/aromatic N) is 2. The maximum Gasteiger partial charge on any atom is 0.308 e. The fraction of sp³-hybridized carbons (Fsp3) is 0.471. The summed E-state index contributed by atoms with van der Waals surface area (Å²) < 4.78 is 12.9. The van der Waals surface area contributed by atoms with Gasteiger partial charge in [0.1, 0.15) is 5.82 Å². The van der Waals surface area contributed by atoms with E-state index in [1.807, 2.05) is 4.90 Å². The number of nitrogens with one attached hydrogen (secondary N) is 1. The second-order valence-corrected chi connectivity index (χ2v) is 6.10. The van der Waals surface area contributed by atoms with E-state index in [9.17, 15) is 23.9 Å². The SMILES string of the molecule is CC(=O)N1CCN(C[C@@H](CC(=O)Nc2ccc(F)cc2)C(=O)O)CC1. The summed E-state index contributed by atoms with van der Waals surface area (Å²) in [5.74, 6) is -2.71. The van der Waals surface area contributed by atoms with Gasteiger partial charge in [0, 0.05) is 51.8 Å². The molecule has 0 radical (unpaired) electrons. The summed E-state index contributed by atoms with van der Waals surface area (Å²) >= 11 is 0. The van der Waals surface area contributed by atoms with Crippen LogP contribution in [0.5, 0.6) is 0 Å². The highest BCUT2D eigenvalue weighted by Crippen LogP contribution is 2.13. The van der Waals surface area contributed by atoms with E-state index in [0.29, 0.717) is 31.9 Å². The lowest BCUT2D eigenvalue weighted by atomic mass is 10.0. The average Bonchev–Trinajstić information content (AvgIpc) is 2.56. The highest BCUT2D eigenvalue weighted by atomic mass is 19.1. The van der Waals surface area contributed by atoms with Crippen LogP contribution in [0, 0.1) is 11.7 Å². The Balaban J connectivity index is 1.86. The predicted molar refractivity (Wildman–Crippen MR) is 89.5 cm³/mol. The number of hydrogen-bond acceptors (Lipinski definition) is 4. The van der Waals surface area contributed by atoms with Gasteiger partial charge in [0.2, 0.25) is 11.8 Å². The van der Waals surface area contributed by atoms with E-state index in [1.165, 1.54) is 31.2 Å². The summed E-state index contributed by atoms with van der Waals surface area (Å²) in [6, 6.07) is 5.28. The van der Waals surface area contributed by atoms with Gasteiger partial charge in [-0.05, 0) is 24.3 Å². The molecule has 0 spiro atoms. The van der Waals surface area contributed by atoms with Gasteiger partial charge in [0.05, 0.1) is 5.92 Å². The van der Waals surface area contributed by atoms with Gasteiger partial charge in [0.25, 0.3) is 0 Å². The summed E-state index contributed by atoms with van der Waals surface area (Å²) in [6.45, 7) is 4.05. The monoisotopic (exact) mass is 351 g/mol. The van der Waals surface area contributed by atoms with Crippen molar-refractivity contribution >= 4 is 23.5 Å². The first-order chi connectivity index (χ1) is 11.8. The highest BCUT2D eigenvalue weighted by molar-refractivity contribution is 5.93. The van der Waals surface area contributed by atoms with Crippen LogP contribution in [0.3, 0.4) is 0 Å². The first-order valence-electron chi connectivity index (χ1n) is 8.11. The van der Waals surface area contributed by atoms with Crippen molar-refractivity contribution in [3.05, 3.63) is 30.1 Å². The molecule has 1 aromatic carbocycles. The molecule has 1 aliphatic heterocycles. The van der Waals surface area contributed by atoms with Crippen molar-refractivity contribution in [2.75, 3.05) is 38.0 Å². The van der Waals surface area contributed by atoms with E-state index in [-0.39, 0.29) is 18.9 Å². The van der Waals surface area contributed by atoms with Gasteiger partial charge in [-0.15, -0.1) is 0 Å². The number of anilines is 1. The van der Waals surface area contributed by atoms with Crippen molar-refractivity contribution in [1.29, 1.82) is 0 Å². The van der Waals surface area contributed by atoms with Gasteiger partial charge in [-0.3, -0.25) is 19.3 Å². The zero-order valence-electron chi connectivity index (χ0n) is 14.1. The molecule has 1 atom stereocenters. The number of benzene rings is 1. The number of carbonyl (C=O) groups excluding carboxylic acids is 2. The summed E-state index contributed by atoms with van der Waals surface area (Å²) in [4.78, 5) is 38.5. The first kappa shape index (κ1) is 18.9. The van der Waals surface area contributed by atoms with Gasteiger partial charge in [-0.1, -0.05) is 0 Å². The average molecular weight is 351 g/mol. The Morgan fingerprint density at radius 3 is 2.28 bits per heavy atom. The normalized spacial score (nSPS) is 16.3. The number of aliphatic carboxylic acids is 1. The van der Waals surface area contributed by atoms with Crippen molar-refractivity contribution in [2.24, 2.45) is 5.92 Å². The molecule has 2 N–H and O–H groups in total. The molecule has 25 heavy (non-hydrogen) atoms. The Labute approximate surface area is 145 Å². The van der Waals surface area contributed by atoms with E-state index < -0.39 is 23.6 Å². The van der Waals surface area contributed by atoms with Gasteiger partial charge in [-0.25, -0.2) is 4.39 Å². The minimum atomic E-state index is -1.04. The molecule has 1 aromatic rings. The van der Waals surface area contributed by atoms with E-state index in [0.717, 1.165) is 0 Å². The van der Waals surface area contributed by atoms with Crippen LogP contribution in [-0.4, -0.2) is 65.4 Å². The summed E-state index contributed by atoms with van der Waals surface area (Å²) in [5.41, 5.74) is 0.422. The predicted octanol–water partition coefficient (Wildman–Crippen LogP) is 1.02. The lowest BCUT2D eigenvalue weighted by Crippen LogP contribution is -2.50. The fourth-order valence-corrected chi connectivity index (χ4v) is 2.76. The Bertz CT molecular complexity index is 627. The molecular weight excluding hydrogens is 329 g/mol. The van der Waals surface area contributed by atoms with Crippen LogP contribution in [0.1, 0.15) is 13.3 Å². The summed E-state index contributed by atoms with van der Waals surface area (Å²) in [5, 5.41) is 11.9. The maximum absolute atomic E-state index is 12.9. The van der Waals surface area contributed by atoms with Crippen LogP contribution in [0.4, 0.5) is 10.1 Å². The van der Waals surface area contributed by atoms with Crippen LogP contribution < -0.4 is 5.32 Å². The highest BCUT2D eigenvalue weighted by Gasteiger charge is 2.26. The van der Waals surface area contributed by atoms with Crippen LogP contribution in [-0.2, 0) is 14.4 Å². The summed E-state index contributed by atoms with van der Waals surface area (Å²) in [6.07, 6.45) is -0.167. The third-order valence-electron chi connectivity index (χ3n) is 4.21. The molecule has 0 saturated carbocycles. The standard InChI is InChI=1S/C17H22FN3O4/c1-12(22)21-8-6-20(7-9-21)11-13(17(24)25)10-16(23)19-15-4-2-14(18)3-5-15/h2-5,13H,6-11H2,1H3,(H,19,23)(H,24,25)/t13-/m1/s1.